The number of imidazole rings is 1. The quantitative estimate of drug-likeness (QED) is 0.870. The highest BCUT2D eigenvalue weighted by Crippen LogP contribution is 2.15. The summed E-state index contributed by atoms with van der Waals surface area (Å²) in [5.41, 5.74) is 1.04. The van der Waals surface area contributed by atoms with Crippen LogP contribution in [0.15, 0.2) is 6.20 Å². The summed E-state index contributed by atoms with van der Waals surface area (Å²) in [6.07, 6.45) is 3.53. The van der Waals surface area contributed by atoms with Crippen LogP contribution in [0.3, 0.4) is 0 Å². The fraction of sp³-hybridized carbons (Fsp3) is 0.692. The van der Waals surface area contributed by atoms with E-state index in [4.69, 9.17) is 4.74 Å². The van der Waals surface area contributed by atoms with Crippen molar-refractivity contribution in [2.75, 3.05) is 6.61 Å². The first-order valence-corrected chi connectivity index (χ1v) is 6.54. The molecule has 18 heavy (non-hydrogen) atoms. The summed E-state index contributed by atoms with van der Waals surface area (Å²) >= 11 is 0. The van der Waals surface area contributed by atoms with Gasteiger partial charge in [0.05, 0.1) is 5.69 Å². The second-order valence-electron chi connectivity index (χ2n) is 4.79. The van der Waals surface area contributed by atoms with Gasteiger partial charge in [-0.3, -0.25) is 4.79 Å². The average molecular weight is 251 g/mol. The number of carbonyl (C=O) groups excluding carboxylic acids is 1. The maximum absolute atomic E-state index is 11.9. The summed E-state index contributed by atoms with van der Waals surface area (Å²) in [5, 5.41) is 3.04. The van der Waals surface area contributed by atoms with Crippen LogP contribution in [0.4, 0.5) is 0 Å². The summed E-state index contributed by atoms with van der Waals surface area (Å²) in [6.45, 7) is 7.04. The van der Waals surface area contributed by atoms with Gasteiger partial charge in [0.25, 0.3) is 0 Å². The SMILES string of the molecule is CCO[C@H](C)C(=O)N[C@H]1CCc2nc(C)cn2C1. The molecule has 5 heteroatoms. The Morgan fingerprint density at radius 2 is 2.50 bits per heavy atom. The molecule has 0 radical (unpaired) electrons. The van der Waals surface area contributed by atoms with Crippen LogP contribution in [-0.4, -0.2) is 34.2 Å². The highest BCUT2D eigenvalue weighted by Gasteiger charge is 2.23. The number of hydrogen-bond acceptors (Lipinski definition) is 3. The highest BCUT2D eigenvalue weighted by molar-refractivity contribution is 5.80. The van der Waals surface area contributed by atoms with Gasteiger partial charge < -0.3 is 14.6 Å². The third-order valence-corrected chi connectivity index (χ3v) is 3.25. The number of fused-ring (bicyclic) bond motifs is 1. The summed E-state index contributed by atoms with van der Waals surface area (Å²) in [4.78, 5) is 16.3. The molecular weight excluding hydrogens is 230 g/mol. The van der Waals surface area contributed by atoms with E-state index in [2.05, 4.69) is 14.9 Å². The van der Waals surface area contributed by atoms with Crippen LogP contribution in [0, 0.1) is 6.92 Å². The number of amides is 1. The van der Waals surface area contributed by atoms with E-state index in [-0.39, 0.29) is 18.1 Å². The van der Waals surface area contributed by atoms with Gasteiger partial charge in [-0.2, -0.15) is 0 Å². The summed E-state index contributed by atoms with van der Waals surface area (Å²) in [6, 6.07) is 0.182. The number of aryl methyl sites for hydroxylation is 2. The molecule has 1 aromatic rings. The summed E-state index contributed by atoms with van der Waals surface area (Å²) in [7, 11) is 0. The molecule has 2 atom stereocenters. The van der Waals surface area contributed by atoms with Crippen LogP contribution in [0.25, 0.3) is 0 Å². The van der Waals surface area contributed by atoms with Crippen molar-refractivity contribution in [3.63, 3.8) is 0 Å². The molecule has 0 saturated carbocycles. The minimum atomic E-state index is -0.374. The van der Waals surface area contributed by atoms with Crippen molar-refractivity contribution in [2.45, 2.75) is 52.3 Å². The molecule has 5 nitrogen and oxygen atoms in total. The monoisotopic (exact) mass is 251 g/mol. The van der Waals surface area contributed by atoms with E-state index in [0.29, 0.717) is 6.61 Å². The van der Waals surface area contributed by atoms with Crippen molar-refractivity contribution in [3.8, 4) is 0 Å². The molecule has 100 valence electrons. The standard InChI is InChI=1S/C13H21N3O2/c1-4-18-10(3)13(17)15-11-5-6-12-14-9(2)7-16(12)8-11/h7,10-11H,4-6,8H2,1-3H3,(H,15,17)/t10-,11+/m1/s1. The van der Waals surface area contributed by atoms with Crippen molar-refractivity contribution in [3.05, 3.63) is 17.7 Å². The topological polar surface area (TPSA) is 56.1 Å². The minimum absolute atomic E-state index is 0.0258. The van der Waals surface area contributed by atoms with Gasteiger partial charge in [-0.1, -0.05) is 0 Å². The van der Waals surface area contributed by atoms with Crippen LogP contribution < -0.4 is 5.32 Å². The van der Waals surface area contributed by atoms with Crippen LogP contribution in [-0.2, 0) is 22.5 Å². The predicted molar refractivity (Wildman–Crippen MR) is 68.3 cm³/mol. The lowest BCUT2D eigenvalue weighted by Crippen LogP contribution is -2.45. The van der Waals surface area contributed by atoms with Gasteiger partial charge in [0, 0.05) is 31.8 Å². The number of carbonyl (C=O) groups is 1. The number of rotatable bonds is 4. The molecule has 2 heterocycles. The number of aromatic nitrogens is 2. The average Bonchev–Trinajstić information content (AvgIpc) is 2.68. The number of nitrogens with zero attached hydrogens (tertiary/aromatic N) is 2. The molecule has 1 amide bonds. The lowest BCUT2D eigenvalue weighted by Gasteiger charge is -2.25. The molecule has 0 saturated heterocycles. The normalized spacial score (nSPS) is 20.3. The van der Waals surface area contributed by atoms with Crippen LogP contribution in [0.1, 0.15) is 31.8 Å². The van der Waals surface area contributed by atoms with Gasteiger partial charge in [0.1, 0.15) is 11.9 Å². The first-order valence-electron chi connectivity index (χ1n) is 6.54. The Bertz CT molecular complexity index is 428. The van der Waals surface area contributed by atoms with Gasteiger partial charge >= 0.3 is 0 Å². The molecule has 1 N–H and O–H groups in total. The van der Waals surface area contributed by atoms with Gasteiger partial charge in [-0.15, -0.1) is 0 Å². The van der Waals surface area contributed by atoms with Crippen LogP contribution in [0.5, 0.6) is 0 Å². The van der Waals surface area contributed by atoms with Gasteiger partial charge in [0.15, 0.2) is 0 Å². The molecule has 1 aliphatic heterocycles. The maximum atomic E-state index is 11.9. The molecule has 2 rings (SSSR count). The lowest BCUT2D eigenvalue weighted by molar-refractivity contribution is -0.132. The molecule has 1 aliphatic rings. The first kappa shape index (κ1) is 13.1. The molecule has 1 aromatic heterocycles. The predicted octanol–water partition coefficient (Wildman–Crippen LogP) is 1.05. The third kappa shape index (κ3) is 2.90. The fourth-order valence-electron chi connectivity index (χ4n) is 2.35. The number of hydrogen-bond donors (Lipinski definition) is 1. The smallest absolute Gasteiger partial charge is 0.249 e. The minimum Gasteiger partial charge on any atom is -0.369 e. The van der Waals surface area contributed by atoms with E-state index >= 15 is 0 Å². The second-order valence-corrected chi connectivity index (χ2v) is 4.79. The fourth-order valence-corrected chi connectivity index (χ4v) is 2.35. The molecule has 0 bridgehead atoms. The number of nitrogens with one attached hydrogen (secondary N) is 1. The Labute approximate surface area is 108 Å². The zero-order chi connectivity index (χ0) is 13.1. The molecule has 0 aromatic carbocycles. The van der Waals surface area contributed by atoms with E-state index < -0.39 is 0 Å². The van der Waals surface area contributed by atoms with Crippen molar-refractivity contribution >= 4 is 5.91 Å². The molecule has 0 aliphatic carbocycles. The van der Waals surface area contributed by atoms with Gasteiger partial charge in [0.2, 0.25) is 5.91 Å². The highest BCUT2D eigenvalue weighted by atomic mass is 16.5. The Morgan fingerprint density at radius 3 is 3.22 bits per heavy atom. The Morgan fingerprint density at radius 1 is 1.72 bits per heavy atom. The Balaban J connectivity index is 1.91. The molecular formula is C13H21N3O2. The zero-order valence-corrected chi connectivity index (χ0v) is 11.3. The van der Waals surface area contributed by atoms with E-state index in [1.807, 2.05) is 20.0 Å². The van der Waals surface area contributed by atoms with E-state index in [9.17, 15) is 4.79 Å². The van der Waals surface area contributed by atoms with Gasteiger partial charge in [-0.05, 0) is 27.2 Å². The van der Waals surface area contributed by atoms with Crippen molar-refractivity contribution in [1.29, 1.82) is 0 Å². The molecule has 0 unspecified atom stereocenters. The molecule has 0 spiro atoms. The zero-order valence-electron chi connectivity index (χ0n) is 11.3. The van der Waals surface area contributed by atoms with Crippen molar-refractivity contribution in [1.82, 2.24) is 14.9 Å². The van der Waals surface area contributed by atoms with Gasteiger partial charge in [-0.25, -0.2) is 4.98 Å². The Hall–Kier alpha value is -1.36. The lowest BCUT2D eigenvalue weighted by atomic mass is 10.1. The molecule has 0 fully saturated rings. The first-order chi connectivity index (χ1) is 8.60. The van der Waals surface area contributed by atoms with E-state index in [0.717, 1.165) is 30.9 Å². The van der Waals surface area contributed by atoms with E-state index in [1.165, 1.54) is 0 Å². The third-order valence-electron chi connectivity index (χ3n) is 3.25. The van der Waals surface area contributed by atoms with Crippen molar-refractivity contribution < 1.29 is 9.53 Å². The Kier molecular flexibility index (Phi) is 4.01. The van der Waals surface area contributed by atoms with Crippen LogP contribution >= 0.6 is 0 Å². The second kappa shape index (κ2) is 5.52. The summed E-state index contributed by atoms with van der Waals surface area (Å²) < 4.78 is 7.42. The maximum Gasteiger partial charge on any atom is 0.249 e. The van der Waals surface area contributed by atoms with Crippen LogP contribution in [0.2, 0.25) is 0 Å². The number of ether oxygens (including phenoxy) is 1. The largest absolute Gasteiger partial charge is 0.369 e. The summed E-state index contributed by atoms with van der Waals surface area (Å²) in [5.74, 6) is 1.10. The van der Waals surface area contributed by atoms with Crippen molar-refractivity contribution in [2.24, 2.45) is 0 Å². The van der Waals surface area contributed by atoms with E-state index in [1.54, 1.807) is 6.92 Å².